The van der Waals surface area contributed by atoms with Gasteiger partial charge >= 0.3 is 0 Å². The van der Waals surface area contributed by atoms with E-state index in [1.807, 2.05) is 0 Å². The van der Waals surface area contributed by atoms with Crippen molar-refractivity contribution >= 4 is 17.6 Å². The SMILES string of the molecule is CN=C(NCC1CCCO1)NCC(c1c(F)cccc1Cl)N1CCCC1. The highest BCUT2D eigenvalue weighted by Crippen LogP contribution is 2.31. The Kier molecular flexibility index (Phi) is 7.11. The highest BCUT2D eigenvalue weighted by Gasteiger charge is 2.28. The van der Waals surface area contributed by atoms with Crippen LogP contribution in [0.2, 0.25) is 5.02 Å². The van der Waals surface area contributed by atoms with Gasteiger partial charge in [-0.05, 0) is 50.9 Å². The molecule has 0 radical (unpaired) electrons. The predicted molar refractivity (Wildman–Crippen MR) is 103 cm³/mol. The van der Waals surface area contributed by atoms with Gasteiger partial charge in [0, 0.05) is 37.3 Å². The fraction of sp³-hybridized carbons (Fsp3) is 0.632. The second kappa shape index (κ2) is 9.53. The summed E-state index contributed by atoms with van der Waals surface area (Å²) in [5.74, 6) is 0.454. The van der Waals surface area contributed by atoms with Crippen molar-refractivity contribution in [2.24, 2.45) is 4.99 Å². The van der Waals surface area contributed by atoms with Crippen LogP contribution in [0.1, 0.15) is 37.3 Å². The number of guanidine groups is 1. The molecule has 0 spiro atoms. The molecule has 26 heavy (non-hydrogen) atoms. The van der Waals surface area contributed by atoms with Gasteiger partial charge in [0.1, 0.15) is 5.82 Å². The lowest BCUT2D eigenvalue weighted by Gasteiger charge is -2.30. The number of benzene rings is 1. The third-order valence-corrected chi connectivity index (χ3v) is 5.45. The number of hydrogen-bond acceptors (Lipinski definition) is 3. The fourth-order valence-corrected chi connectivity index (χ4v) is 4.01. The minimum absolute atomic E-state index is 0.118. The van der Waals surface area contributed by atoms with Crippen molar-refractivity contribution < 1.29 is 9.13 Å². The van der Waals surface area contributed by atoms with Crippen LogP contribution in [-0.4, -0.2) is 56.8 Å². The molecule has 1 aromatic carbocycles. The first-order valence-corrected chi connectivity index (χ1v) is 9.81. The van der Waals surface area contributed by atoms with Crippen molar-refractivity contribution in [1.29, 1.82) is 0 Å². The third-order valence-electron chi connectivity index (χ3n) is 5.12. The topological polar surface area (TPSA) is 48.9 Å². The fourth-order valence-electron chi connectivity index (χ4n) is 3.73. The highest BCUT2D eigenvalue weighted by molar-refractivity contribution is 6.31. The van der Waals surface area contributed by atoms with Crippen LogP contribution >= 0.6 is 11.6 Å². The van der Waals surface area contributed by atoms with Gasteiger partial charge in [-0.3, -0.25) is 9.89 Å². The van der Waals surface area contributed by atoms with Crippen molar-refractivity contribution in [2.75, 3.05) is 39.8 Å². The van der Waals surface area contributed by atoms with E-state index in [4.69, 9.17) is 16.3 Å². The normalized spacial score (nSPS) is 22.6. The predicted octanol–water partition coefficient (Wildman–Crippen LogP) is 2.96. The molecule has 2 aliphatic heterocycles. The van der Waals surface area contributed by atoms with Crippen LogP contribution in [0.25, 0.3) is 0 Å². The minimum Gasteiger partial charge on any atom is -0.376 e. The molecule has 2 atom stereocenters. The zero-order chi connectivity index (χ0) is 18.4. The molecule has 2 fully saturated rings. The van der Waals surface area contributed by atoms with Crippen molar-refractivity contribution in [2.45, 2.75) is 37.8 Å². The van der Waals surface area contributed by atoms with Crippen LogP contribution in [-0.2, 0) is 4.74 Å². The molecule has 1 aromatic rings. The summed E-state index contributed by atoms with van der Waals surface area (Å²) in [5, 5.41) is 7.12. The first-order valence-electron chi connectivity index (χ1n) is 9.43. The molecule has 0 aliphatic carbocycles. The van der Waals surface area contributed by atoms with Crippen LogP contribution in [0.4, 0.5) is 4.39 Å². The van der Waals surface area contributed by atoms with Gasteiger partial charge in [-0.25, -0.2) is 4.39 Å². The molecule has 0 bridgehead atoms. The molecule has 0 amide bonds. The molecule has 0 aromatic heterocycles. The zero-order valence-electron chi connectivity index (χ0n) is 15.3. The van der Waals surface area contributed by atoms with E-state index in [0.29, 0.717) is 23.1 Å². The maximum atomic E-state index is 14.5. The molecule has 2 heterocycles. The lowest BCUT2D eigenvalue weighted by atomic mass is 10.0. The first-order chi connectivity index (χ1) is 12.7. The van der Waals surface area contributed by atoms with Crippen LogP contribution < -0.4 is 10.6 Å². The molecule has 2 saturated heterocycles. The number of nitrogens with one attached hydrogen (secondary N) is 2. The van der Waals surface area contributed by atoms with Gasteiger partial charge in [-0.15, -0.1) is 0 Å². The standard InChI is InChI=1S/C19H28ClFN4O/c1-22-19(23-12-14-6-5-11-26-14)24-13-17(25-9-2-3-10-25)18-15(20)7-4-8-16(18)21/h4,7-8,14,17H,2-3,5-6,9-13H2,1H3,(H2,22,23,24). The van der Waals surface area contributed by atoms with E-state index in [9.17, 15) is 4.39 Å². The maximum absolute atomic E-state index is 14.5. The smallest absolute Gasteiger partial charge is 0.191 e. The number of likely N-dealkylation sites (tertiary alicyclic amines) is 1. The number of aliphatic imine (C=N–C) groups is 1. The highest BCUT2D eigenvalue weighted by atomic mass is 35.5. The summed E-state index contributed by atoms with van der Waals surface area (Å²) < 4.78 is 20.1. The zero-order valence-corrected chi connectivity index (χ0v) is 16.1. The van der Waals surface area contributed by atoms with Crippen LogP contribution in [0.15, 0.2) is 23.2 Å². The lowest BCUT2D eigenvalue weighted by Crippen LogP contribution is -2.44. The van der Waals surface area contributed by atoms with E-state index in [2.05, 4.69) is 20.5 Å². The lowest BCUT2D eigenvalue weighted by molar-refractivity contribution is 0.113. The molecule has 2 N–H and O–H groups in total. The number of ether oxygens (including phenoxy) is 1. The molecule has 2 unspecified atom stereocenters. The van der Waals surface area contributed by atoms with Gasteiger partial charge < -0.3 is 15.4 Å². The van der Waals surface area contributed by atoms with Gasteiger partial charge in [0.25, 0.3) is 0 Å². The summed E-state index contributed by atoms with van der Waals surface area (Å²) in [6, 6.07) is 4.77. The number of hydrogen-bond donors (Lipinski definition) is 2. The maximum Gasteiger partial charge on any atom is 0.191 e. The van der Waals surface area contributed by atoms with Crippen molar-refractivity contribution in [3.8, 4) is 0 Å². The second-order valence-electron chi connectivity index (χ2n) is 6.86. The van der Waals surface area contributed by atoms with Gasteiger partial charge in [-0.2, -0.15) is 0 Å². The van der Waals surface area contributed by atoms with Crippen LogP contribution in [0.3, 0.4) is 0 Å². The van der Waals surface area contributed by atoms with Crippen LogP contribution in [0, 0.1) is 5.82 Å². The van der Waals surface area contributed by atoms with E-state index in [1.54, 1.807) is 19.2 Å². The summed E-state index contributed by atoms with van der Waals surface area (Å²) in [4.78, 5) is 6.58. The van der Waals surface area contributed by atoms with Gasteiger partial charge in [0.05, 0.1) is 12.1 Å². The summed E-state index contributed by atoms with van der Waals surface area (Å²) in [7, 11) is 1.74. The monoisotopic (exact) mass is 382 g/mol. The summed E-state index contributed by atoms with van der Waals surface area (Å²) in [6.07, 6.45) is 4.69. The summed E-state index contributed by atoms with van der Waals surface area (Å²) in [5.41, 5.74) is 0.568. The molecular weight excluding hydrogens is 355 g/mol. The Hall–Kier alpha value is -1.37. The van der Waals surface area contributed by atoms with E-state index >= 15 is 0 Å². The molecule has 3 rings (SSSR count). The van der Waals surface area contributed by atoms with E-state index in [0.717, 1.165) is 51.9 Å². The van der Waals surface area contributed by atoms with Crippen molar-refractivity contribution in [3.63, 3.8) is 0 Å². The Balaban J connectivity index is 1.65. The van der Waals surface area contributed by atoms with E-state index in [-0.39, 0.29) is 18.0 Å². The molecule has 0 saturated carbocycles. The average molecular weight is 383 g/mol. The van der Waals surface area contributed by atoms with Gasteiger partial charge in [-0.1, -0.05) is 17.7 Å². The minimum atomic E-state index is -0.251. The Morgan fingerprint density at radius 1 is 1.35 bits per heavy atom. The third kappa shape index (κ3) is 4.87. The largest absolute Gasteiger partial charge is 0.376 e. The number of halogens is 2. The molecule has 144 valence electrons. The Labute approximate surface area is 160 Å². The van der Waals surface area contributed by atoms with Crippen molar-refractivity contribution in [3.05, 3.63) is 34.6 Å². The quantitative estimate of drug-likeness (QED) is 0.586. The Morgan fingerprint density at radius 2 is 2.15 bits per heavy atom. The van der Waals surface area contributed by atoms with Gasteiger partial charge in [0.2, 0.25) is 0 Å². The van der Waals surface area contributed by atoms with Gasteiger partial charge in [0.15, 0.2) is 5.96 Å². The molecule has 7 heteroatoms. The first kappa shape index (κ1) is 19.4. The van der Waals surface area contributed by atoms with Crippen molar-refractivity contribution in [1.82, 2.24) is 15.5 Å². The van der Waals surface area contributed by atoms with E-state index < -0.39 is 0 Å². The molecule has 2 aliphatic rings. The summed E-state index contributed by atoms with van der Waals surface area (Å²) >= 11 is 6.34. The Morgan fingerprint density at radius 3 is 2.81 bits per heavy atom. The second-order valence-corrected chi connectivity index (χ2v) is 7.27. The average Bonchev–Trinajstić information content (AvgIpc) is 3.33. The molecular formula is C19H28ClFN4O. The number of nitrogens with zero attached hydrogens (tertiary/aromatic N) is 2. The molecule has 5 nitrogen and oxygen atoms in total. The Bertz CT molecular complexity index is 595. The number of rotatable bonds is 6. The van der Waals surface area contributed by atoms with E-state index in [1.165, 1.54) is 6.07 Å². The van der Waals surface area contributed by atoms with Crippen LogP contribution in [0.5, 0.6) is 0 Å². The summed E-state index contributed by atoms with van der Waals surface area (Å²) in [6.45, 7) is 4.03.